The van der Waals surface area contributed by atoms with E-state index in [1.807, 2.05) is 0 Å². The Morgan fingerprint density at radius 3 is 1.79 bits per heavy atom. The molecule has 0 bridgehead atoms. The minimum absolute atomic E-state index is 0.121. The lowest BCUT2D eigenvalue weighted by Crippen LogP contribution is -2.13. The van der Waals surface area contributed by atoms with E-state index in [1.54, 1.807) is 36.4 Å². The zero-order chi connectivity index (χ0) is 20.5. The fourth-order valence-corrected chi connectivity index (χ4v) is 2.47. The number of ether oxygens (including phenoxy) is 2. The van der Waals surface area contributed by atoms with Gasteiger partial charge in [-0.3, -0.25) is 9.59 Å². The van der Waals surface area contributed by atoms with Crippen molar-refractivity contribution in [2.24, 2.45) is 0 Å². The number of carbonyl (C=O) groups is 2. The first kappa shape index (κ1) is 20.9. The quantitative estimate of drug-likeness (QED) is 0.260. The molecule has 150 valence electrons. The average Bonchev–Trinajstić information content (AvgIpc) is 2.64. The van der Waals surface area contributed by atoms with Crippen LogP contribution < -0.4 is 32.4 Å². The number of hydrogen-bond acceptors (Lipinski definition) is 8. The predicted octanol–water partition coefficient (Wildman–Crippen LogP) is 2.17. The second-order valence-corrected chi connectivity index (χ2v) is 6.40. The van der Waals surface area contributed by atoms with Crippen molar-refractivity contribution in [3.63, 3.8) is 0 Å². The van der Waals surface area contributed by atoms with Crippen molar-refractivity contribution in [1.82, 2.24) is 0 Å². The molecule has 0 saturated carbocycles. The number of nitrogens with two attached hydrogens (primary N) is 4. The fraction of sp³-hybridized carbons (Fsp3) is 0.300. The first-order chi connectivity index (χ1) is 13.3. The monoisotopic (exact) mass is 386 g/mol. The van der Waals surface area contributed by atoms with Crippen LogP contribution in [0.15, 0.2) is 36.4 Å². The summed E-state index contributed by atoms with van der Waals surface area (Å²) in [6.07, 6.45) is 0.722. The molecule has 0 aliphatic carbocycles. The van der Waals surface area contributed by atoms with Crippen molar-refractivity contribution in [2.75, 3.05) is 36.1 Å². The van der Waals surface area contributed by atoms with E-state index in [9.17, 15) is 9.59 Å². The maximum Gasteiger partial charge on any atom is 0.144 e. The van der Waals surface area contributed by atoms with Gasteiger partial charge in [-0.05, 0) is 30.7 Å². The maximum absolute atomic E-state index is 11.9. The Morgan fingerprint density at radius 2 is 1.21 bits per heavy atom. The van der Waals surface area contributed by atoms with Crippen LogP contribution in [0.25, 0.3) is 0 Å². The maximum atomic E-state index is 11.9. The minimum Gasteiger partial charge on any atom is -0.491 e. The standard InChI is InChI=1S/C20H26N4O4/c21-13-3-5-17(23)19(10-13)27-8-1-2-15(25)12-16(26)7-9-28-20-11-14(22)4-6-18(20)24/h3-6,10-11H,1-2,7-9,12,21-24H2. The molecule has 2 rings (SSSR count). The zero-order valence-electron chi connectivity index (χ0n) is 15.6. The van der Waals surface area contributed by atoms with Crippen LogP contribution in [0.5, 0.6) is 11.5 Å². The van der Waals surface area contributed by atoms with Crippen LogP contribution >= 0.6 is 0 Å². The highest BCUT2D eigenvalue weighted by atomic mass is 16.5. The third kappa shape index (κ3) is 6.71. The van der Waals surface area contributed by atoms with E-state index in [4.69, 9.17) is 32.4 Å². The highest BCUT2D eigenvalue weighted by molar-refractivity contribution is 5.99. The lowest BCUT2D eigenvalue weighted by Gasteiger charge is -2.10. The molecule has 8 heteroatoms. The summed E-state index contributed by atoms with van der Waals surface area (Å²) in [7, 11) is 0. The molecule has 8 N–H and O–H groups in total. The summed E-state index contributed by atoms with van der Waals surface area (Å²) in [6, 6.07) is 9.87. The largest absolute Gasteiger partial charge is 0.491 e. The van der Waals surface area contributed by atoms with Crippen molar-refractivity contribution in [1.29, 1.82) is 0 Å². The molecule has 0 atom stereocenters. The number of Topliss-reactive ketones (excluding diaryl/α,β-unsaturated/α-hetero) is 2. The molecule has 0 fully saturated rings. The number of carbonyl (C=O) groups excluding carboxylic acids is 2. The Labute approximate surface area is 163 Å². The van der Waals surface area contributed by atoms with Gasteiger partial charge in [-0.1, -0.05) is 0 Å². The number of benzene rings is 2. The van der Waals surface area contributed by atoms with Crippen LogP contribution in [-0.2, 0) is 9.59 Å². The summed E-state index contributed by atoms with van der Waals surface area (Å²) < 4.78 is 11.0. The molecule has 0 radical (unpaired) electrons. The van der Waals surface area contributed by atoms with Crippen molar-refractivity contribution in [3.8, 4) is 11.5 Å². The molecule has 0 heterocycles. The summed E-state index contributed by atoms with van der Waals surface area (Å²) >= 11 is 0. The lowest BCUT2D eigenvalue weighted by atomic mass is 10.1. The molecule has 0 spiro atoms. The Bertz CT molecular complexity index is 839. The van der Waals surface area contributed by atoms with Crippen molar-refractivity contribution in [2.45, 2.75) is 25.7 Å². The van der Waals surface area contributed by atoms with E-state index in [-0.39, 0.29) is 37.4 Å². The smallest absolute Gasteiger partial charge is 0.144 e. The Balaban J connectivity index is 1.63. The summed E-state index contributed by atoms with van der Waals surface area (Å²) in [6.45, 7) is 0.447. The molecule has 2 aromatic rings. The first-order valence-corrected chi connectivity index (χ1v) is 8.94. The summed E-state index contributed by atoms with van der Waals surface area (Å²) in [4.78, 5) is 23.8. The Kier molecular flexibility index (Phi) is 7.50. The normalized spacial score (nSPS) is 10.4. The molecule has 8 nitrogen and oxygen atoms in total. The minimum atomic E-state index is -0.187. The SMILES string of the molecule is Nc1ccc(N)c(OCCCC(=O)CC(=O)CCOc2cc(N)ccc2N)c1. The highest BCUT2D eigenvalue weighted by Crippen LogP contribution is 2.25. The molecule has 0 amide bonds. The van der Waals surface area contributed by atoms with Crippen molar-refractivity contribution < 1.29 is 19.1 Å². The van der Waals surface area contributed by atoms with Gasteiger partial charge in [-0.2, -0.15) is 0 Å². The van der Waals surface area contributed by atoms with Crippen LogP contribution in [0, 0.1) is 0 Å². The molecule has 0 aliphatic rings. The lowest BCUT2D eigenvalue weighted by molar-refractivity contribution is -0.127. The summed E-state index contributed by atoms with van der Waals surface area (Å²) in [5, 5.41) is 0. The van der Waals surface area contributed by atoms with E-state index in [1.165, 1.54) is 0 Å². The third-order valence-corrected chi connectivity index (χ3v) is 3.97. The number of nitrogen functional groups attached to an aromatic ring is 4. The molecule has 0 unspecified atom stereocenters. The third-order valence-electron chi connectivity index (χ3n) is 3.97. The van der Waals surface area contributed by atoms with Crippen LogP contribution in [0.4, 0.5) is 22.7 Å². The topological polar surface area (TPSA) is 157 Å². The molecule has 0 saturated heterocycles. The van der Waals surface area contributed by atoms with Gasteiger partial charge in [0.1, 0.15) is 23.1 Å². The van der Waals surface area contributed by atoms with E-state index >= 15 is 0 Å². The molecule has 2 aromatic carbocycles. The van der Waals surface area contributed by atoms with Gasteiger partial charge < -0.3 is 32.4 Å². The predicted molar refractivity (Wildman–Crippen MR) is 110 cm³/mol. The number of ketones is 2. The van der Waals surface area contributed by atoms with Gasteiger partial charge in [0.05, 0.1) is 31.0 Å². The van der Waals surface area contributed by atoms with Gasteiger partial charge in [0, 0.05) is 36.3 Å². The van der Waals surface area contributed by atoms with Gasteiger partial charge in [-0.15, -0.1) is 0 Å². The van der Waals surface area contributed by atoms with Gasteiger partial charge in [-0.25, -0.2) is 0 Å². The van der Waals surface area contributed by atoms with Crippen LogP contribution in [0.2, 0.25) is 0 Å². The van der Waals surface area contributed by atoms with Crippen LogP contribution in [-0.4, -0.2) is 24.8 Å². The first-order valence-electron chi connectivity index (χ1n) is 8.94. The van der Waals surface area contributed by atoms with Gasteiger partial charge in [0.25, 0.3) is 0 Å². The van der Waals surface area contributed by atoms with E-state index < -0.39 is 0 Å². The van der Waals surface area contributed by atoms with Crippen molar-refractivity contribution >= 4 is 34.3 Å². The summed E-state index contributed by atoms with van der Waals surface area (Å²) in [5.74, 6) is 0.588. The molecule has 0 aromatic heterocycles. The number of anilines is 4. The fourth-order valence-electron chi connectivity index (χ4n) is 2.47. The van der Waals surface area contributed by atoms with E-state index in [0.717, 1.165) is 0 Å². The van der Waals surface area contributed by atoms with Gasteiger partial charge in [0.2, 0.25) is 0 Å². The second-order valence-electron chi connectivity index (χ2n) is 6.40. The summed E-state index contributed by atoms with van der Waals surface area (Å²) in [5.41, 5.74) is 24.9. The van der Waals surface area contributed by atoms with Crippen LogP contribution in [0.1, 0.15) is 25.7 Å². The van der Waals surface area contributed by atoms with Crippen molar-refractivity contribution in [3.05, 3.63) is 36.4 Å². The highest BCUT2D eigenvalue weighted by Gasteiger charge is 2.11. The molecule has 28 heavy (non-hydrogen) atoms. The van der Waals surface area contributed by atoms with E-state index in [2.05, 4.69) is 0 Å². The Hall–Kier alpha value is -3.42. The molecular weight excluding hydrogens is 360 g/mol. The average molecular weight is 386 g/mol. The number of rotatable bonds is 11. The Morgan fingerprint density at radius 1 is 0.714 bits per heavy atom. The second kappa shape index (κ2) is 10.1. The molecule has 0 aliphatic heterocycles. The van der Waals surface area contributed by atoms with E-state index in [0.29, 0.717) is 47.3 Å². The van der Waals surface area contributed by atoms with Crippen LogP contribution in [0.3, 0.4) is 0 Å². The van der Waals surface area contributed by atoms with Gasteiger partial charge >= 0.3 is 0 Å². The zero-order valence-corrected chi connectivity index (χ0v) is 15.6. The van der Waals surface area contributed by atoms with Gasteiger partial charge in [0.15, 0.2) is 0 Å². The number of hydrogen-bond donors (Lipinski definition) is 4. The molecular formula is C20H26N4O4.